The third-order valence-corrected chi connectivity index (χ3v) is 3.05. The second-order valence-corrected chi connectivity index (χ2v) is 5.22. The van der Waals surface area contributed by atoms with E-state index in [-0.39, 0.29) is 11.4 Å². The molecule has 0 aliphatic carbocycles. The molecular weight excluding hydrogens is 240 g/mol. The van der Waals surface area contributed by atoms with Crippen LogP contribution >= 0.6 is 0 Å². The first-order valence-corrected chi connectivity index (χ1v) is 6.39. The number of hydrogen-bond acceptors (Lipinski definition) is 4. The summed E-state index contributed by atoms with van der Waals surface area (Å²) in [5, 5.41) is 2.93. The van der Waals surface area contributed by atoms with Crippen molar-refractivity contribution in [3.63, 3.8) is 0 Å². The average Bonchev–Trinajstić information content (AvgIpc) is 2.38. The van der Waals surface area contributed by atoms with Crippen molar-refractivity contribution in [2.45, 2.75) is 26.8 Å². The Morgan fingerprint density at radius 3 is 2.47 bits per heavy atom. The maximum atomic E-state index is 11.3. The van der Waals surface area contributed by atoms with E-state index in [4.69, 9.17) is 5.73 Å². The number of benzene rings is 1. The average molecular weight is 258 g/mol. The van der Waals surface area contributed by atoms with E-state index >= 15 is 0 Å². The fourth-order valence-electron chi connectivity index (χ4n) is 2.11. The number of nitrogen functional groups attached to an aromatic ring is 1. The summed E-state index contributed by atoms with van der Waals surface area (Å²) in [6.07, 6.45) is 1.02. The summed E-state index contributed by atoms with van der Waals surface area (Å²) in [7, 11) is 0. The molecule has 0 saturated heterocycles. The van der Waals surface area contributed by atoms with Gasteiger partial charge in [0.15, 0.2) is 0 Å². The van der Waals surface area contributed by atoms with Crippen molar-refractivity contribution in [3.05, 3.63) is 55.8 Å². The third kappa shape index (κ3) is 2.84. The highest BCUT2D eigenvalue weighted by Crippen LogP contribution is 2.14. The lowest BCUT2D eigenvalue weighted by Crippen LogP contribution is -2.36. The number of hydrogen-bond donors (Lipinski definition) is 2. The van der Waals surface area contributed by atoms with Crippen molar-refractivity contribution in [2.75, 3.05) is 11.1 Å². The van der Waals surface area contributed by atoms with Gasteiger partial charge in [-0.05, 0) is 23.5 Å². The van der Waals surface area contributed by atoms with Gasteiger partial charge in [-0.25, -0.2) is 0 Å². The molecule has 4 heteroatoms. The Balaban J connectivity index is 2.04. The standard InChI is InChI=1S/C15H18N2O2/c1-9(2)6-10-4-3-5-11(7-10)8-17-13-12(16)14(18)15(13)19/h3-5,7,9,17H,6,8,16H2,1-2H3. The van der Waals surface area contributed by atoms with Gasteiger partial charge in [0.1, 0.15) is 11.4 Å². The minimum absolute atomic E-state index is 0.0448. The van der Waals surface area contributed by atoms with E-state index in [0.29, 0.717) is 12.5 Å². The molecule has 100 valence electrons. The molecule has 0 amide bonds. The van der Waals surface area contributed by atoms with Crippen LogP contribution < -0.4 is 21.9 Å². The minimum atomic E-state index is -0.587. The zero-order valence-electron chi connectivity index (χ0n) is 11.2. The quantitative estimate of drug-likeness (QED) is 0.800. The summed E-state index contributed by atoms with van der Waals surface area (Å²) in [5.74, 6) is 0.604. The first-order valence-electron chi connectivity index (χ1n) is 6.39. The predicted octanol–water partition coefficient (Wildman–Crippen LogP) is 1.68. The Morgan fingerprint density at radius 2 is 1.84 bits per heavy atom. The van der Waals surface area contributed by atoms with Gasteiger partial charge in [0, 0.05) is 6.54 Å². The number of nitrogens with two attached hydrogens (primary N) is 1. The lowest BCUT2D eigenvalue weighted by atomic mass is 10.0. The fourth-order valence-corrected chi connectivity index (χ4v) is 2.11. The minimum Gasteiger partial charge on any atom is -0.394 e. The van der Waals surface area contributed by atoms with Crippen molar-refractivity contribution in [3.8, 4) is 0 Å². The molecule has 0 unspecified atom stereocenters. The highest BCUT2D eigenvalue weighted by molar-refractivity contribution is 5.71. The first-order chi connectivity index (χ1) is 8.99. The van der Waals surface area contributed by atoms with Crippen LogP contribution in [0.3, 0.4) is 0 Å². The van der Waals surface area contributed by atoms with Crippen LogP contribution in [0.15, 0.2) is 33.9 Å². The molecule has 0 spiro atoms. The first kappa shape index (κ1) is 13.3. The molecule has 0 atom stereocenters. The lowest BCUT2D eigenvalue weighted by molar-refractivity contribution is 0.647. The van der Waals surface area contributed by atoms with Crippen molar-refractivity contribution in [2.24, 2.45) is 5.92 Å². The number of anilines is 2. The normalized spacial score (nSPS) is 11.1. The van der Waals surface area contributed by atoms with E-state index in [0.717, 1.165) is 12.0 Å². The summed E-state index contributed by atoms with van der Waals surface area (Å²) < 4.78 is 0. The molecule has 0 bridgehead atoms. The van der Waals surface area contributed by atoms with Gasteiger partial charge in [0.05, 0.1) is 0 Å². The van der Waals surface area contributed by atoms with Gasteiger partial charge in [-0.2, -0.15) is 0 Å². The molecule has 4 nitrogen and oxygen atoms in total. The zero-order valence-corrected chi connectivity index (χ0v) is 11.2. The SMILES string of the molecule is CC(C)Cc1cccc(CNc2c(N)c(=O)c2=O)c1. The third-order valence-electron chi connectivity index (χ3n) is 3.05. The molecule has 0 aromatic heterocycles. The zero-order chi connectivity index (χ0) is 14.0. The summed E-state index contributed by atoms with van der Waals surface area (Å²) in [5.41, 5.74) is 7.00. The van der Waals surface area contributed by atoms with Crippen LogP contribution in [0.25, 0.3) is 0 Å². The molecule has 19 heavy (non-hydrogen) atoms. The summed E-state index contributed by atoms with van der Waals surface area (Å²) in [6.45, 7) is 4.85. The van der Waals surface area contributed by atoms with E-state index in [1.54, 1.807) is 0 Å². The largest absolute Gasteiger partial charge is 0.394 e. The van der Waals surface area contributed by atoms with E-state index in [1.807, 2.05) is 12.1 Å². The van der Waals surface area contributed by atoms with Crippen LogP contribution in [0.2, 0.25) is 0 Å². The highest BCUT2D eigenvalue weighted by Gasteiger charge is 2.16. The van der Waals surface area contributed by atoms with E-state index in [1.165, 1.54) is 5.56 Å². The van der Waals surface area contributed by atoms with Crippen LogP contribution in [-0.4, -0.2) is 0 Å². The molecule has 0 saturated carbocycles. The van der Waals surface area contributed by atoms with Crippen molar-refractivity contribution in [1.82, 2.24) is 0 Å². The Labute approximate surface area is 112 Å². The highest BCUT2D eigenvalue weighted by atomic mass is 16.2. The van der Waals surface area contributed by atoms with Gasteiger partial charge in [0.2, 0.25) is 0 Å². The fraction of sp³-hybridized carbons (Fsp3) is 0.333. The molecule has 0 radical (unpaired) electrons. The van der Waals surface area contributed by atoms with E-state index in [2.05, 4.69) is 31.3 Å². The topological polar surface area (TPSA) is 72.2 Å². The monoisotopic (exact) mass is 258 g/mol. The van der Waals surface area contributed by atoms with Gasteiger partial charge >= 0.3 is 0 Å². The maximum absolute atomic E-state index is 11.3. The molecule has 3 N–H and O–H groups in total. The summed E-state index contributed by atoms with van der Waals surface area (Å²) >= 11 is 0. The van der Waals surface area contributed by atoms with Crippen LogP contribution in [0.5, 0.6) is 0 Å². The van der Waals surface area contributed by atoms with Crippen LogP contribution in [0.4, 0.5) is 11.4 Å². The maximum Gasteiger partial charge on any atom is 0.253 e. The Hall–Kier alpha value is -2.10. The van der Waals surface area contributed by atoms with E-state index < -0.39 is 10.9 Å². The lowest BCUT2D eigenvalue weighted by Gasteiger charge is -2.11. The van der Waals surface area contributed by atoms with Gasteiger partial charge in [-0.1, -0.05) is 38.1 Å². The Morgan fingerprint density at radius 1 is 1.16 bits per heavy atom. The summed E-state index contributed by atoms with van der Waals surface area (Å²) in [6, 6.07) is 8.18. The van der Waals surface area contributed by atoms with Crippen molar-refractivity contribution >= 4 is 11.4 Å². The van der Waals surface area contributed by atoms with Crippen LogP contribution in [-0.2, 0) is 13.0 Å². The van der Waals surface area contributed by atoms with Crippen LogP contribution in [0, 0.1) is 5.92 Å². The molecule has 0 heterocycles. The van der Waals surface area contributed by atoms with Gasteiger partial charge in [-0.15, -0.1) is 0 Å². The van der Waals surface area contributed by atoms with Crippen molar-refractivity contribution < 1.29 is 0 Å². The molecule has 2 aromatic carbocycles. The van der Waals surface area contributed by atoms with Gasteiger partial charge in [0.25, 0.3) is 10.9 Å². The molecule has 0 fully saturated rings. The van der Waals surface area contributed by atoms with Gasteiger partial charge < -0.3 is 11.1 Å². The Kier molecular flexibility index (Phi) is 3.69. The van der Waals surface area contributed by atoms with E-state index in [9.17, 15) is 9.59 Å². The molecule has 0 aliphatic rings. The molecule has 0 aliphatic heterocycles. The summed E-state index contributed by atoms with van der Waals surface area (Å²) in [4.78, 5) is 22.2. The second kappa shape index (κ2) is 5.26. The number of nitrogens with one attached hydrogen (secondary N) is 1. The second-order valence-electron chi connectivity index (χ2n) is 5.22. The number of rotatable bonds is 5. The Bertz CT molecular complexity index is 652. The van der Waals surface area contributed by atoms with Crippen LogP contribution in [0.1, 0.15) is 25.0 Å². The predicted molar refractivity (Wildman–Crippen MR) is 78.1 cm³/mol. The van der Waals surface area contributed by atoms with Gasteiger partial charge in [-0.3, -0.25) is 9.59 Å². The molecular formula is C15H18N2O2. The smallest absolute Gasteiger partial charge is 0.253 e. The van der Waals surface area contributed by atoms with Crippen molar-refractivity contribution in [1.29, 1.82) is 0 Å². The molecule has 2 aromatic rings. The molecule has 2 rings (SSSR count).